The van der Waals surface area contributed by atoms with Gasteiger partial charge in [-0.15, -0.1) is 0 Å². The van der Waals surface area contributed by atoms with Gasteiger partial charge < -0.3 is 14.2 Å². The lowest BCUT2D eigenvalue weighted by Gasteiger charge is -2.34. The van der Waals surface area contributed by atoms with Crippen LogP contribution in [0.5, 0.6) is 5.75 Å². The normalized spacial score (nSPS) is 14.4. The van der Waals surface area contributed by atoms with Crippen molar-refractivity contribution < 1.29 is 43.0 Å². The Morgan fingerprint density at radius 3 is 1.69 bits per heavy atom. The van der Waals surface area contributed by atoms with Gasteiger partial charge in [0.15, 0.2) is 0 Å². The Morgan fingerprint density at radius 2 is 1.18 bits per heavy atom. The molecule has 0 bridgehead atoms. The van der Waals surface area contributed by atoms with Gasteiger partial charge in [0.2, 0.25) is 0 Å². The van der Waals surface area contributed by atoms with Crippen LogP contribution in [0.15, 0.2) is 78.9 Å². The van der Waals surface area contributed by atoms with Crippen LogP contribution < -0.4 is 4.74 Å². The van der Waals surface area contributed by atoms with Gasteiger partial charge in [0.25, 0.3) is 23.6 Å². The van der Waals surface area contributed by atoms with E-state index < -0.39 is 48.2 Å². The maximum absolute atomic E-state index is 13.9. The fraction of sp³-hybridized carbons (Fsp3) is 0.176. The third-order valence-corrected chi connectivity index (χ3v) is 7.91. The van der Waals surface area contributed by atoms with Crippen LogP contribution in [-0.4, -0.2) is 72.2 Å². The molecule has 0 aromatic heterocycles. The molecule has 2 aliphatic heterocycles. The summed E-state index contributed by atoms with van der Waals surface area (Å²) in [6, 6.07) is 20.8. The summed E-state index contributed by atoms with van der Waals surface area (Å²) in [6.45, 7) is -0.220. The van der Waals surface area contributed by atoms with E-state index in [0.29, 0.717) is 17.9 Å². The van der Waals surface area contributed by atoms with Gasteiger partial charge in [-0.2, -0.15) is 0 Å². The molecular weight excluding hydrogens is 580 g/mol. The largest absolute Gasteiger partial charge is 0.489 e. The molecule has 0 spiro atoms. The summed E-state index contributed by atoms with van der Waals surface area (Å²) in [4.78, 5) is 80.9. The molecule has 1 atom stereocenters. The molecule has 0 aliphatic carbocycles. The van der Waals surface area contributed by atoms with E-state index >= 15 is 0 Å². The van der Waals surface area contributed by atoms with Gasteiger partial charge >= 0.3 is 11.9 Å². The van der Waals surface area contributed by atoms with Gasteiger partial charge in [-0.1, -0.05) is 42.5 Å². The monoisotopic (exact) mass is 606 g/mol. The molecule has 0 saturated carbocycles. The average molecular weight is 607 g/mol. The minimum atomic E-state index is -1.31. The van der Waals surface area contributed by atoms with Crippen molar-refractivity contribution in [2.24, 2.45) is 0 Å². The third kappa shape index (κ3) is 5.07. The number of amides is 4. The Kier molecular flexibility index (Phi) is 7.59. The highest BCUT2D eigenvalue weighted by atomic mass is 16.5. The standard InChI is InChI=1S/C34H26N2O9/c1-43-27(37)17-35-30(38)22-12-14-24-29-25(15-13-23(28(22)29)31(35)39)33(41)36(32(24)40)26(34(42)44-2)16-19-8-10-21(11-9-19)45-18-20-6-4-3-5-7-20/h3-15,26H,16-18H2,1-2H3/t26-/m0/s1. The second-order valence-electron chi connectivity index (χ2n) is 10.5. The van der Waals surface area contributed by atoms with Crippen LogP contribution in [0.4, 0.5) is 0 Å². The molecule has 0 radical (unpaired) electrons. The van der Waals surface area contributed by atoms with E-state index in [-0.39, 0.29) is 39.4 Å². The maximum atomic E-state index is 13.9. The van der Waals surface area contributed by atoms with E-state index in [1.165, 1.54) is 31.4 Å². The smallest absolute Gasteiger partial charge is 0.329 e. The summed E-state index contributed by atoms with van der Waals surface area (Å²) in [6.07, 6.45) is -0.0305. The van der Waals surface area contributed by atoms with Crippen molar-refractivity contribution in [2.75, 3.05) is 20.8 Å². The molecular formula is C34H26N2O9. The quantitative estimate of drug-likeness (QED) is 0.207. The van der Waals surface area contributed by atoms with Crippen molar-refractivity contribution in [1.82, 2.24) is 9.80 Å². The Balaban J connectivity index is 1.31. The van der Waals surface area contributed by atoms with Crippen molar-refractivity contribution in [3.8, 4) is 5.75 Å². The van der Waals surface area contributed by atoms with Crippen molar-refractivity contribution >= 4 is 46.3 Å². The molecule has 6 rings (SSSR count). The number of hydrogen-bond donors (Lipinski definition) is 0. The second-order valence-corrected chi connectivity index (χ2v) is 10.5. The van der Waals surface area contributed by atoms with Crippen LogP contribution in [-0.2, 0) is 32.1 Å². The van der Waals surface area contributed by atoms with E-state index in [1.807, 2.05) is 30.3 Å². The van der Waals surface area contributed by atoms with Crippen LogP contribution in [0.1, 0.15) is 52.6 Å². The highest BCUT2D eigenvalue weighted by Crippen LogP contribution is 2.38. The minimum Gasteiger partial charge on any atom is -0.489 e. The van der Waals surface area contributed by atoms with Crippen LogP contribution in [0.2, 0.25) is 0 Å². The van der Waals surface area contributed by atoms with E-state index in [4.69, 9.17) is 9.47 Å². The molecule has 11 heteroatoms. The highest BCUT2D eigenvalue weighted by molar-refractivity contribution is 6.33. The number of esters is 2. The Hall–Kier alpha value is -5.84. The molecule has 226 valence electrons. The number of rotatable bonds is 9. The topological polar surface area (TPSA) is 137 Å². The maximum Gasteiger partial charge on any atom is 0.329 e. The number of benzene rings is 4. The zero-order chi connectivity index (χ0) is 31.8. The second kappa shape index (κ2) is 11.7. The third-order valence-electron chi connectivity index (χ3n) is 7.91. The zero-order valence-corrected chi connectivity index (χ0v) is 24.3. The lowest BCUT2D eigenvalue weighted by atomic mass is 9.85. The van der Waals surface area contributed by atoms with Crippen molar-refractivity contribution in [1.29, 1.82) is 0 Å². The van der Waals surface area contributed by atoms with E-state index in [1.54, 1.807) is 24.3 Å². The molecule has 4 aromatic rings. The number of hydrogen-bond acceptors (Lipinski definition) is 9. The lowest BCUT2D eigenvalue weighted by Crippen LogP contribution is -2.52. The Bertz CT molecular complexity index is 1830. The Labute approximate surface area is 256 Å². The number of nitrogens with zero attached hydrogens (tertiary/aromatic N) is 2. The molecule has 0 N–H and O–H groups in total. The predicted molar refractivity (Wildman–Crippen MR) is 159 cm³/mol. The molecule has 4 aromatic carbocycles. The average Bonchev–Trinajstić information content (AvgIpc) is 3.07. The van der Waals surface area contributed by atoms with Crippen molar-refractivity contribution in [2.45, 2.75) is 19.1 Å². The molecule has 0 fully saturated rings. The first-order valence-electron chi connectivity index (χ1n) is 14.0. The number of methoxy groups -OCH3 is 2. The molecule has 2 aliphatic rings. The van der Waals surface area contributed by atoms with Gasteiger partial charge in [0.05, 0.1) is 14.2 Å². The summed E-state index contributed by atoms with van der Waals surface area (Å²) in [5, 5.41) is 0.280. The molecule has 4 amide bonds. The van der Waals surface area contributed by atoms with Gasteiger partial charge in [-0.3, -0.25) is 33.8 Å². The van der Waals surface area contributed by atoms with Crippen LogP contribution in [0.25, 0.3) is 10.8 Å². The van der Waals surface area contributed by atoms with Crippen LogP contribution >= 0.6 is 0 Å². The first kappa shape index (κ1) is 29.2. The van der Waals surface area contributed by atoms with Crippen LogP contribution in [0.3, 0.4) is 0 Å². The molecule has 45 heavy (non-hydrogen) atoms. The lowest BCUT2D eigenvalue weighted by molar-refractivity contribution is -0.145. The zero-order valence-electron chi connectivity index (χ0n) is 24.3. The van der Waals surface area contributed by atoms with E-state index in [9.17, 15) is 28.8 Å². The molecule has 0 saturated heterocycles. The molecule has 0 unspecified atom stereocenters. The van der Waals surface area contributed by atoms with Crippen molar-refractivity contribution in [3.05, 3.63) is 112 Å². The number of carbonyl (C=O) groups excluding carboxylic acids is 6. The SMILES string of the molecule is COC(=O)CN1C(=O)c2ccc3c4c(ccc(c24)C1=O)C(=O)N([C@@H](Cc1ccc(OCc2ccccc2)cc1)C(=O)OC)C3=O. The van der Waals surface area contributed by atoms with Crippen LogP contribution in [0, 0.1) is 0 Å². The number of carbonyl (C=O) groups is 6. The summed E-state index contributed by atoms with van der Waals surface area (Å²) < 4.78 is 15.5. The van der Waals surface area contributed by atoms with Gasteiger partial charge in [-0.05, 0) is 47.5 Å². The predicted octanol–water partition coefficient (Wildman–Crippen LogP) is 3.57. The number of imide groups is 2. The van der Waals surface area contributed by atoms with Gasteiger partial charge in [-0.25, -0.2) is 4.79 Å². The summed E-state index contributed by atoms with van der Waals surface area (Å²) >= 11 is 0. The first-order valence-corrected chi connectivity index (χ1v) is 14.0. The van der Waals surface area contributed by atoms with E-state index in [2.05, 4.69) is 4.74 Å². The highest BCUT2D eigenvalue weighted by Gasteiger charge is 2.44. The fourth-order valence-electron chi connectivity index (χ4n) is 5.67. The molecule has 2 heterocycles. The Morgan fingerprint density at radius 1 is 0.644 bits per heavy atom. The minimum absolute atomic E-state index is 0.0305. The fourth-order valence-corrected chi connectivity index (χ4v) is 5.67. The van der Waals surface area contributed by atoms with Crippen molar-refractivity contribution in [3.63, 3.8) is 0 Å². The first-order chi connectivity index (χ1) is 21.7. The summed E-state index contributed by atoms with van der Waals surface area (Å²) in [7, 11) is 2.31. The van der Waals surface area contributed by atoms with Gasteiger partial charge in [0.1, 0.15) is 24.9 Å². The van der Waals surface area contributed by atoms with Gasteiger partial charge in [0, 0.05) is 39.4 Å². The molecule has 11 nitrogen and oxygen atoms in total. The summed E-state index contributed by atoms with van der Waals surface area (Å²) in [5.74, 6) is -4.03. The number of ether oxygens (including phenoxy) is 3. The summed E-state index contributed by atoms with van der Waals surface area (Å²) in [5.41, 5.74) is 1.86. The van der Waals surface area contributed by atoms with E-state index in [0.717, 1.165) is 22.5 Å².